The predicted molar refractivity (Wildman–Crippen MR) is 138 cm³/mol. The van der Waals surface area contributed by atoms with Crippen LogP contribution in [0.25, 0.3) is 0 Å². The van der Waals surface area contributed by atoms with Crippen molar-refractivity contribution in [3.8, 4) is 0 Å². The van der Waals surface area contributed by atoms with Gasteiger partial charge in [0.2, 0.25) is 0 Å². The Morgan fingerprint density at radius 1 is 1.00 bits per heavy atom. The number of carbonyl (C=O) groups is 2. The maximum atomic E-state index is 13.7. The Bertz CT molecular complexity index is 1220. The molecule has 1 heterocycles. The fraction of sp³-hybridized carbons (Fsp3) is 0.310. The van der Waals surface area contributed by atoms with Crippen LogP contribution < -0.4 is 10.2 Å². The Balaban J connectivity index is 1.51. The monoisotopic (exact) mass is 470 g/mol. The Kier molecular flexibility index (Phi) is 6.46. The van der Waals surface area contributed by atoms with Gasteiger partial charge in [0.1, 0.15) is 0 Å². The summed E-state index contributed by atoms with van der Waals surface area (Å²) in [7, 11) is 0. The minimum absolute atomic E-state index is 0.0408. The van der Waals surface area contributed by atoms with Gasteiger partial charge in [-0.15, -0.1) is 0 Å². The summed E-state index contributed by atoms with van der Waals surface area (Å²) in [5.41, 5.74) is 4.32. The summed E-state index contributed by atoms with van der Waals surface area (Å²) < 4.78 is 0. The summed E-state index contributed by atoms with van der Waals surface area (Å²) in [6, 6.07) is 22.0. The number of hydrogen-bond donors (Lipinski definition) is 1. The normalized spacial score (nSPS) is 19.7. The first-order chi connectivity index (χ1) is 16.5. The van der Waals surface area contributed by atoms with Crippen molar-refractivity contribution in [1.29, 1.82) is 0 Å². The van der Waals surface area contributed by atoms with E-state index in [1.807, 2.05) is 47.4 Å². The molecular formula is C29H30N2O2S. The molecule has 3 aromatic rings. The molecule has 2 amide bonds. The number of carbonyl (C=O) groups excluding carboxylic acids is 2. The van der Waals surface area contributed by atoms with Crippen molar-refractivity contribution in [3.63, 3.8) is 0 Å². The van der Waals surface area contributed by atoms with Crippen molar-refractivity contribution in [2.24, 2.45) is 5.92 Å². The molecule has 5 heteroatoms. The molecule has 3 aromatic carbocycles. The number of rotatable bonds is 4. The van der Waals surface area contributed by atoms with Crippen molar-refractivity contribution in [2.45, 2.75) is 61.9 Å². The van der Waals surface area contributed by atoms with Crippen LogP contribution in [-0.2, 0) is 6.54 Å². The topological polar surface area (TPSA) is 49.4 Å². The SMILES string of the molecule is Cc1ccc(CN2C(=O)c3ccccc3Sc3ccc(C(=O)N[C@@H]4CCCC[C@@H]4C)cc32)cc1. The molecule has 1 aliphatic heterocycles. The van der Waals surface area contributed by atoms with E-state index in [4.69, 9.17) is 0 Å². The molecule has 2 atom stereocenters. The molecular weight excluding hydrogens is 440 g/mol. The summed E-state index contributed by atoms with van der Waals surface area (Å²) in [6.07, 6.45) is 4.58. The van der Waals surface area contributed by atoms with Gasteiger partial charge in [0.25, 0.3) is 11.8 Å². The molecule has 0 spiro atoms. The molecule has 5 rings (SSSR count). The summed E-state index contributed by atoms with van der Waals surface area (Å²) in [4.78, 5) is 30.7. The molecule has 174 valence electrons. The van der Waals surface area contributed by atoms with E-state index in [-0.39, 0.29) is 17.9 Å². The number of amides is 2. The quantitative estimate of drug-likeness (QED) is 0.466. The predicted octanol–water partition coefficient (Wildman–Crippen LogP) is 6.62. The van der Waals surface area contributed by atoms with Crippen LogP contribution in [0.5, 0.6) is 0 Å². The first-order valence-corrected chi connectivity index (χ1v) is 12.9. The van der Waals surface area contributed by atoms with Crippen LogP contribution in [0.1, 0.15) is 64.4 Å². The maximum absolute atomic E-state index is 13.7. The zero-order chi connectivity index (χ0) is 23.7. The van der Waals surface area contributed by atoms with Gasteiger partial charge in [-0.25, -0.2) is 0 Å². The van der Waals surface area contributed by atoms with Gasteiger partial charge in [0.15, 0.2) is 0 Å². The first kappa shape index (κ1) is 22.7. The lowest BCUT2D eigenvalue weighted by atomic mass is 9.86. The van der Waals surface area contributed by atoms with E-state index >= 15 is 0 Å². The highest BCUT2D eigenvalue weighted by atomic mass is 32.2. The number of nitrogens with one attached hydrogen (secondary N) is 1. The average Bonchev–Trinajstić information content (AvgIpc) is 2.96. The van der Waals surface area contributed by atoms with E-state index in [1.165, 1.54) is 12.0 Å². The standard InChI is InChI=1S/C29H30N2O2S/c1-19-11-13-21(14-12-19)18-31-25-17-22(28(32)30-24-9-5-3-7-20(24)2)15-16-27(25)34-26-10-6-4-8-23(26)29(31)33/h4,6,8,10-17,20,24H,3,5,7,9,18H2,1-2H3,(H,30,32)/t20-,24+/m0/s1. The number of nitrogens with zero attached hydrogens (tertiary/aromatic N) is 1. The van der Waals surface area contributed by atoms with E-state index in [0.717, 1.165) is 40.3 Å². The van der Waals surface area contributed by atoms with Crippen LogP contribution in [0.2, 0.25) is 0 Å². The van der Waals surface area contributed by atoms with Crippen LogP contribution >= 0.6 is 11.8 Å². The molecule has 1 aliphatic carbocycles. The third kappa shape index (κ3) is 4.62. The Labute approximate surface area is 205 Å². The maximum Gasteiger partial charge on any atom is 0.259 e. The first-order valence-electron chi connectivity index (χ1n) is 12.1. The molecule has 1 fully saturated rings. The zero-order valence-corrected chi connectivity index (χ0v) is 20.5. The molecule has 34 heavy (non-hydrogen) atoms. The highest BCUT2D eigenvalue weighted by Crippen LogP contribution is 2.42. The van der Waals surface area contributed by atoms with E-state index in [2.05, 4.69) is 43.4 Å². The van der Waals surface area contributed by atoms with Crippen LogP contribution in [0.15, 0.2) is 76.5 Å². The van der Waals surface area contributed by atoms with E-state index in [9.17, 15) is 9.59 Å². The molecule has 0 aromatic heterocycles. The van der Waals surface area contributed by atoms with Crippen molar-refractivity contribution in [2.75, 3.05) is 4.90 Å². The minimum atomic E-state index is -0.0592. The van der Waals surface area contributed by atoms with Gasteiger partial charge in [-0.05, 0) is 61.6 Å². The minimum Gasteiger partial charge on any atom is -0.349 e. The number of hydrogen-bond acceptors (Lipinski definition) is 3. The largest absolute Gasteiger partial charge is 0.349 e. The van der Waals surface area contributed by atoms with Crippen molar-refractivity contribution in [3.05, 3.63) is 89.0 Å². The highest BCUT2D eigenvalue weighted by molar-refractivity contribution is 7.99. The molecule has 1 N–H and O–H groups in total. The van der Waals surface area contributed by atoms with Gasteiger partial charge in [-0.2, -0.15) is 0 Å². The van der Waals surface area contributed by atoms with Gasteiger partial charge < -0.3 is 10.2 Å². The molecule has 0 saturated heterocycles. The second-order valence-corrected chi connectivity index (χ2v) is 10.6. The Morgan fingerprint density at radius 2 is 1.76 bits per heavy atom. The number of benzene rings is 3. The van der Waals surface area contributed by atoms with E-state index < -0.39 is 0 Å². The lowest BCUT2D eigenvalue weighted by molar-refractivity contribution is 0.0908. The van der Waals surface area contributed by atoms with Gasteiger partial charge >= 0.3 is 0 Å². The van der Waals surface area contributed by atoms with E-state index in [0.29, 0.717) is 23.6 Å². The average molecular weight is 471 g/mol. The molecule has 4 nitrogen and oxygen atoms in total. The summed E-state index contributed by atoms with van der Waals surface area (Å²) in [6.45, 7) is 4.73. The van der Waals surface area contributed by atoms with Crippen molar-refractivity contribution >= 4 is 29.3 Å². The zero-order valence-electron chi connectivity index (χ0n) is 19.7. The van der Waals surface area contributed by atoms with E-state index in [1.54, 1.807) is 11.8 Å². The molecule has 0 bridgehead atoms. The van der Waals surface area contributed by atoms with Gasteiger partial charge in [-0.3, -0.25) is 9.59 Å². The van der Waals surface area contributed by atoms with Crippen molar-refractivity contribution in [1.82, 2.24) is 5.32 Å². The molecule has 2 aliphatic rings. The summed E-state index contributed by atoms with van der Waals surface area (Å²) in [5.74, 6) is 0.389. The molecule has 0 unspecified atom stereocenters. The third-order valence-corrected chi connectivity index (χ3v) is 8.12. The second kappa shape index (κ2) is 9.67. The summed E-state index contributed by atoms with van der Waals surface area (Å²) in [5, 5.41) is 3.26. The number of aryl methyl sites for hydroxylation is 1. The molecule has 1 saturated carbocycles. The van der Waals surface area contributed by atoms with Crippen LogP contribution in [0, 0.1) is 12.8 Å². The van der Waals surface area contributed by atoms with Crippen LogP contribution in [0.3, 0.4) is 0 Å². The lowest BCUT2D eigenvalue weighted by Crippen LogP contribution is -2.41. The lowest BCUT2D eigenvalue weighted by Gasteiger charge is -2.29. The third-order valence-electron chi connectivity index (χ3n) is 6.98. The van der Waals surface area contributed by atoms with Gasteiger partial charge in [0.05, 0.1) is 17.8 Å². The van der Waals surface area contributed by atoms with Gasteiger partial charge in [0, 0.05) is 21.4 Å². The van der Waals surface area contributed by atoms with Crippen LogP contribution in [0.4, 0.5) is 5.69 Å². The van der Waals surface area contributed by atoms with Crippen molar-refractivity contribution < 1.29 is 9.59 Å². The highest BCUT2D eigenvalue weighted by Gasteiger charge is 2.29. The molecule has 0 radical (unpaired) electrons. The number of fused-ring (bicyclic) bond motifs is 2. The second-order valence-electron chi connectivity index (χ2n) is 9.50. The smallest absolute Gasteiger partial charge is 0.259 e. The fourth-order valence-corrected chi connectivity index (χ4v) is 5.94. The number of anilines is 1. The van der Waals surface area contributed by atoms with Gasteiger partial charge in [-0.1, -0.05) is 73.5 Å². The Hall–Kier alpha value is -3.05. The Morgan fingerprint density at radius 3 is 2.56 bits per heavy atom. The fourth-order valence-electron chi connectivity index (χ4n) is 4.88. The summed E-state index contributed by atoms with van der Waals surface area (Å²) >= 11 is 1.59. The van der Waals surface area contributed by atoms with Crippen LogP contribution in [-0.4, -0.2) is 17.9 Å².